The first-order chi connectivity index (χ1) is 14.5. The van der Waals surface area contributed by atoms with Crippen LogP contribution in [0.5, 0.6) is 17.2 Å². The summed E-state index contributed by atoms with van der Waals surface area (Å²) in [6, 6.07) is 12.7. The molecule has 5 rings (SSSR count). The molecule has 1 atom stereocenters. The molecule has 3 heterocycles. The van der Waals surface area contributed by atoms with Crippen LogP contribution in [0.3, 0.4) is 0 Å². The molecular weight excluding hydrogens is 406 g/mol. The zero-order chi connectivity index (χ0) is 20.8. The van der Waals surface area contributed by atoms with Crippen molar-refractivity contribution >= 4 is 28.9 Å². The van der Waals surface area contributed by atoms with Crippen molar-refractivity contribution < 1.29 is 28.9 Å². The van der Waals surface area contributed by atoms with Gasteiger partial charge in [-0.15, -0.1) is 11.3 Å². The number of ether oxygens (including phenoxy) is 3. The van der Waals surface area contributed by atoms with Crippen molar-refractivity contribution in [3.05, 3.63) is 57.8 Å². The molecule has 0 radical (unpaired) electrons. The zero-order valence-electron chi connectivity index (χ0n) is 15.9. The third-order valence-electron chi connectivity index (χ3n) is 5.28. The molecule has 30 heavy (non-hydrogen) atoms. The summed E-state index contributed by atoms with van der Waals surface area (Å²) in [4.78, 5) is 25.6. The fraction of sp³-hybridized carbons (Fsp3) is 0.182. The first-order valence-corrected chi connectivity index (χ1v) is 10.1. The normalized spacial score (nSPS) is 16.7. The first-order valence-electron chi connectivity index (χ1n) is 9.29. The highest BCUT2D eigenvalue weighted by Crippen LogP contribution is 2.50. The monoisotopic (exact) mass is 423 g/mol. The lowest BCUT2D eigenvalue weighted by atomic mass is 9.88. The van der Waals surface area contributed by atoms with Gasteiger partial charge in [0.25, 0.3) is 0 Å². The van der Waals surface area contributed by atoms with Crippen LogP contribution in [0.15, 0.2) is 42.5 Å². The van der Waals surface area contributed by atoms with Gasteiger partial charge in [0.05, 0.1) is 12.8 Å². The predicted octanol–water partition coefficient (Wildman–Crippen LogP) is 4.32. The molecule has 0 saturated heterocycles. The molecule has 3 aromatic rings. The molecule has 0 bridgehead atoms. The number of nitrogens with one attached hydrogen (secondary N) is 1. The van der Waals surface area contributed by atoms with Crippen LogP contribution in [0.4, 0.5) is 5.69 Å². The van der Waals surface area contributed by atoms with E-state index in [-0.39, 0.29) is 29.9 Å². The van der Waals surface area contributed by atoms with E-state index in [0.717, 1.165) is 10.4 Å². The highest BCUT2D eigenvalue weighted by molar-refractivity contribution is 7.15. The van der Waals surface area contributed by atoms with Gasteiger partial charge in [-0.3, -0.25) is 4.79 Å². The SMILES string of the molecule is COc1ccc(-c2c(C(=O)O)sc3c2NC(=O)CC3c2ccc3c(c2)OCO3)cc1. The molecule has 0 aliphatic carbocycles. The highest BCUT2D eigenvalue weighted by atomic mass is 32.1. The average molecular weight is 423 g/mol. The number of hydrogen-bond donors (Lipinski definition) is 2. The van der Waals surface area contributed by atoms with Crippen molar-refractivity contribution in [2.45, 2.75) is 12.3 Å². The van der Waals surface area contributed by atoms with Crippen LogP contribution in [0.25, 0.3) is 11.1 Å². The molecular formula is C22H17NO6S. The van der Waals surface area contributed by atoms with Crippen LogP contribution in [0, 0.1) is 0 Å². The number of hydrogen-bond acceptors (Lipinski definition) is 6. The van der Waals surface area contributed by atoms with E-state index in [1.165, 1.54) is 11.3 Å². The van der Waals surface area contributed by atoms with E-state index in [0.29, 0.717) is 34.1 Å². The number of carbonyl (C=O) groups excluding carboxylic acids is 1. The molecule has 152 valence electrons. The summed E-state index contributed by atoms with van der Waals surface area (Å²) in [5, 5.41) is 12.8. The number of aromatic carboxylic acids is 1. The number of methoxy groups -OCH3 is 1. The smallest absolute Gasteiger partial charge is 0.346 e. The number of carboxylic acid groups (broad SMARTS) is 1. The van der Waals surface area contributed by atoms with E-state index in [1.807, 2.05) is 18.2 Å². The van der Waals surface area contributed by atoms with E-state index in [1.54, 1.807) is 31.4 Å². The minimum atomic E-state index is -1.03. The van der Waals surface area contributed by atoms with Crippen LogP contribution < -0.4 is 19.5 Å². The second kappa shape index (κ2) is 7.07. The van der Waals surface area contributed by atoms with Crippen LogP contribution in [-0.2, 0) is 4.79 Å². The number of fused-ring (bicyclic) bond motifs is 2. The van der Waals surface area contributed by atoms with Crippen molar-refractivity contribution in [3.8, 4) is 28.4 Å². The molecule has 2 N–H and O–H groups in total. The van der Waals surface area contributed by atoms with Gasteiger partial charge in [0.2, 0.25) is 12.7 Å². The van der Waals surface area contributed by atoms with Crippen molar-refractivity contribution in [2.24, 2.45) is 0 Å². The number of rotatable bonds is 4. The quantitative estimate of drug-likeness (QED) is 0.649. The fourth-order valence-electron chi connectivity index (χ4n) is 3.87. The summed E-state index contributed by atoms with van der Waals surface area (Å²) in [6.07, 6.45) is 0.230. The second-order valence-corrected chi connectivity index (χ2v) is 8.05. The lowest BCUT2D eigenvalue weighted by Gasteiger charge is -2.24. The summed E-state index contributed by atoms with van der Waals surface area (Å²) in [7, 11) is 1.57. The Morgan fingerprint density at radius 3 is 2.67 bits per heavy atom. The number of amides is 1. The topological polar surface area (TPSA) is 94.1 Å². The maximum atomic E-state index is 12.6. The molecule has 1 unspecified atom stereocenters. The second-order valence-electron chi connectivity index (χ2n) is 7.00. The largest absolute Gasteiger partial charge is 0.497 e. The van der Waals surface area contributed by atoms with E-state index in [2.05, 4.69) is 5.32 Å². The summed E-state index contributed by atoms with van der Waals surface area (Å²) in [6.45, 7) is 0.166. The number of carbonyl (C=O) groups is 2. The van der Waals surface area contributed by atoms with Crippen molar-refractivity contribution in [1.82, 2.24) is 0 Å². The first kappa shape index (κ1) is 18.5. The van der Waals surface area contributed by atoms with E-state index >= 15 is 0 Å². The number of anilines is 1. The molecule has 0 spiro atoms. The average Bonchev–Trinajstić information content (AvgIpc) is 3.37. The Morgan fingerprint density at radius 1 is 1.17 bits per heavy atom. The lowest BCUT2D eigenvalue weighted by molar-refractivity contribution is -0.116. The lowest BCUT2D eigenvalue weighted by Crippen LogP contribution is -2.22. The summed E-state index contributed by atoms with van der Waals surface area (Å²) in [5.41, 5.74) is 2.66. The Bertz CT molecular complexity index is 1170. The van der Waals surface area contributed by atoms with Crippen LogP contribution in [0.1, 0.15) is 32.5 Å². The maximum Gasteiger partial charge on any atom is 0.346 e. The van der Waals surface area contributed by atoms with Gasteiger partial charge in [-0.25, -0.2) is 4.79 Å². The van der Waals surface area contributed by atoms with Gasteiger partial charge in [0.1, 0.15) is 10.6 Å². The summed E-state index contributed by atoms with van der Waals surface area (Å²) >= 11 is 1.20. The minimum Gasteiger partial charge on any atom is -0.497 e. The van der Waals surface area contributed by atoms with Crippen molar-refractivity contribution in [1.29, 1.82) is 0 Å². The fourth-order valence-corrected chi connectivity index (χ4v) is 5.12. The molecule has 1 amide bonds. The molecule has 1 aromatic heterocycles. The van der Waals surface area contributed by atoms with Gasteiger partial charge in [0, 0.05) is 22.8 Å². The van der Waals surface area contributed by atoms with Crippen molar-refractivity contribution in [3.63, 3.8) is 0 Å². The molecule has 7 nitrogen and oxygen atoms in total. The Labute approximate surface area is 175 Å². The minimum absolute atomic E-state index is 0.158. The predicted molar refractivity (Wildman–Crippen MR) is 111 cm³/mol. The van der Waals surface area contributed by atoms with Crippen LogP contribution >= 0.6 is 11.3 Å². The Kier molecular flexibility index (Phi) is 4.36. The van der Waals surface area contributed by atoms with Gasteiger partial charge in [-0.05, 0) is 35.4 Å². The summed E-state index contributed by atoms with van der Waals surface area (Å²) < 4.78 is 16.1. The van der Waals surface area contributed by atoms with Crippen molar-refractivity contribution in [2.75, 3.05) is 19.2 Å². The molecule has 8 heteroatoms. The number of benzene rings is 2. The van der Waals surface area contributed by atoms with Gasteiger partial charge in [-0.1, -0.05) is 18.2 Å². The van der Waals surface area contributed by atoms with Crippen LogP contribution in [0.2, 0.25) is 0 Å². The van der Waals surface area contributed by atoms with Gasteiger partial charge >= 0.3 is 5.97 Å². The van der Waals surface area contributed by atoms with E-state index in [9.17, 15) is 14.7 Å². The third kappa shape index (κ3) is 2.96. The Balaban J connectivity index is 1.66. The standard InChI is InChI=1S/C22H17NO6S/c1-27-13-5-2-11(3-6-13)18-19-20(30-21(18)22(25)26)14(9-17(24)23-19)12-4-7-15-16(8-12)29-10-28-15/h2-8,14H,9-10H2,1H3,(H,23,24)(H,25,26). The number of carboxylic acids is 1. The maximum absolute atomic E-state index is 12.6. The molecule has 0 fully saturated rings. The van der Waals surface area contributed by atoms with E-state index in [4.69, 9.17) is 14.2 Å². The third-order valence-corrected chi connectivity index (χ3v) is 6.57. The molecule has 2 aromatic carbocycles. The summed E-state index contributed by atoms with van der Waals surface area (Å²) in [5.74, 6) is 0.509. The van der Waals surface area contributed by atoms with Crippen LogP contribution in [-0.4, -0.2) is 30.9 Å². The number of thiophene rings is 1. The van der Waals surface area contributed by atoms with E-state index < -0.39 is 5.97 Å². The molecule has 0 saturated carbocycles. The highest BCUT2D eigenvalue weighted by Gasteiger charge is 2.35. The molecule has 2 aliphatic rings. The Morgan fingerprint density at radius 2 is 1.93 bits per heavy atom. The van der Waals surface area contributed by atoms with Gasteiger partial charge in [-0.2, -0.15) is 0 Å². The Hall–Kier alpha value is -3.52. The molecule has 2 aliphatic heterocycles. The van der Waals surface area contributed by atoms with Gasteiger partial charge in [0.15, 0.2) is 11.5 Å². The van der Waals surface area contributed by atoms with Gasteiger partial charge < -0.3 is 24.6 Å². The zero-order valence-corrected chi connectivity index (χ0v) is 16.7.